The van der Waals surface area contributed by atoms with Gasteiger partial charge in [0.15, 0.2) is 5.71 Å². The molecule has 0 aromatic heterocycles. The molecule has 0 unspecified atom stereocenters. The van der Waals surface area contributed by atoms with E-state index in [1.807, 2.05) is 26.0 Å². The Bertz CT molecular complexity index is 2480. The number of nitrogens with zero attached hydrogens (tertiary/aromatic N) is 2. The van der Waals surface area contributed by atoms with Crippen molar-refractivity contribution < 1.29 is 29.8 Å². The fraction of sp³-hybridized carbons (Fsp3) is 0.408. The van der Waals surface area contributed by atoms with Gasteiger partial charge in [-0.1, -0.05) is 124 Å². The fourth-order valence-corrected chi connectivity index (χ4v) is 10.3. The summed E-state index contributed by atoms with van der Waals surface area (Å²) in [5.41, 5.74) is 7.04. The van der Waals surface area contributed by atoms with Gasteiger partial charge in [-0.05, 0) is 74.4 Å². The number of fused-ring (bicyclic) bond motifs is 6. The Hall–Kier alpha value is -4.35. The van der Waals surface area contributed by atoms with Gasteiger partial charge >= 0.3 is 0 Å². The zero-order chi connectivity index (χ0) is 41.9. The molecule has 0 amide bonds. The molecule has 2 aliphatic heterocycles. The van der Waals surface area contributed by atoms with Crippen LogP contribution in [0.2, 0.25) is 0 Å². The van der Waals surface area contributed by atoms with Gasteiger partial charge < -0.3 is 4.90 Å². The minimum Gasteiger partial charge on any atom is -0.344 e. The second kappa shape index (κ2) is 20.3. The molecular formula is C49H61N2O6S2+. The average Bonchev–Trinajstić information content (AvgIpc) is 3.68. The highest BCUT2D eigenvalue weighted by Crippen LogP contribution is 2.44. The molecule has 2 aliphatic rings. The van der Waals surface area contributed by atoms with Crippen molar-refractivity contribution in [3.63, 3.8) is 0 Å². The van der Waals surface area contributed by atoms with Crippen LogP contribution in [0.15, 0.2) is 121 Å². The number of benzene rings is 4. The van der Waals surface area contributed by atoms with E-state index in [2.05, 4.69) is 126 Å². The highest BCUT2D eigenvalue weighted by atomic mass is 32.2. The zero-order valence-corrected chi connectivity index (χ0v) is 36.9. The molecule has 2 heterocycles. The summed E-state index contributed by atoms with van der Waals surface area (Å²) in [5.74, 6) is 0.0477. The van der Waals surface area contributed by atoms with E-state index in [1.54, 1.807) is 0 Å². The summed E-state index contributed by atoms with van der Waals surface area (Å²) in [4.78, 5) is 2.36. The van der Waals surface area contributed by atoms with Crippen molar-refractivity contribution >= 4 is 58.9 Å². The SMILES string of the molecule is CCCCOS(=O)(=O)CCCCN1/C(=C/C=C/C=C/C=C/C2=[N+](CCCCS(=O)(=O)OCCCC)c3c(ccc4ccccc34)C2(C)C)Cc2ccc3ccccc3c21. The molecule has 59 heavy (non-hydrogen) atoms. The molecule has 4 aromatic rings. The Morgan fingerprint density at radius 1 is 0.678 bits per heavy atom. The Labute approximate surface area is 352 Å². The number of unbranched alkanes of at least 4 members (excludes halogenated alkanes) is 4. The van der Waals surface area contributed by atoms with Crippen LogP contribution in [0.5, 0.6) is 0 Å². The topological polar surface area (TPSA) is 93.0 Å². The third-order valence-electron chi connectivity index (χ3n) is 11.3. The molecule has 0 atom stereocenters. The largest absolute Gasteiger partial charge is 0.344 e. The minimum absolute atomic E-state index is 0.0200. The molecule has 8 nitrogen and oxygen atoms in total. The third-order valence-corrected chi connectivity index (χ3v) is 13.9. The highest BCUT2D eigenvalue weighted by molar-refractivity contribution is 7.86. The van der Waals surface area contributed by atoms with Crippen LogP contribution in [0.1, 0.15) is 90.2 Å². The summed E-state index contributed by atoms with van der Waals surface area (Å²) in [6.45, 7) is 10.5. The Balaban J connectivity index is 1.17. The maximum atomic E-state index is 12.5. The quantitative estimate of drug-likeness (QED) is 0.0337. The first-order chi connectivity index (χ1) is 28.5. The van der Waals surface area contributed by atoms with Crippen LogP contribution in [0, 0.1) is 0 Å². The first-order valence-electron chi connectivity index (χ1n) is 21.4. The van der Waals surface area contributed by atoms with Gasteiger partial charge in [0.2, 0.25) is 5.69 Å². The highest BCUT2D eigenvalue weighted by Gasteiger charge is 2.45. The first kappa shape index (κ1) is 44.2. The van der Waals surface area contributed by atoms with Crippen molar-refractivity contribution in [2.45, 2.75) is 90.9 Å². The van der Waals surface area contributed by atoms with Gasteiger partial charge in [0.1, 0.15) is 6.54 Å². The molecule has 0 aliphatic carbocycles. The van der Waals surface area contributed by atoms with E-state index in [9.17, 15) is 16.8 Å². The summed E-state index contributed by atoms with van der Waals surface area (Å²) >= 11 is 0. The van der Waals surface area contributed by atoms with E-state index in [1.165, 1.54) is 55.5 Å². The van der Waals surface area contributed by atoms with Crippen molar-refractivity contribution in [2.24, 2.45) is 0 Å². The lowest BCUT2D eigenvalue weighted by atomic mass is 9.80. The van der Waals surface area contributed by atoms with Gasteiger partial charge in [-0.3, -0.25) is 8.37 Å². The normalized spacial score (nSPS) is 16.3. The molecule has 0 radical (unpaired) electrons. The number of rotatable bonds is 22. The van der Waals surface area contributed by atoms with Gasteiger partial charge in [-0.2, -0.15) is 21.4 Å². The van der Waals surface area contributed by atoms with Crippen molar-refractivity contribution in [2.75, 3.05) is 42.7 Å². The lowest BCUT2D eigenvalue weighted by molar-refractivity contribution is -0.436. The smallest absolute Gasteiger partial charge is 0.267 e. The van der Waals surface area contributed by atoms with Crippen LogP contribution < -0.4 is 4.90 Å². The standard InChI is InChI=1S/C49H61N2O6S2/c1-5-7-34-56-58(52,53)36-20-18-32-50-42(38-41-29-28-39-22-14-16-25-43(39)47(41)50)24-12-10-9-11-13-27-46-49(3,4)45-31-30-40-23-15-17-26-44(40)48(45)51(46)33-19-21-37-59(54,55)57-35-8-6-2/h9-17,22-31H,5-8,18-21,32-38H2,1-4H3/q+1. The zero-order valence-electron chi connectivity index (χ0n) is 35.2. The van der Waals surface area contributed by atoms with Crippen LogP contribution in [-0.4, -0.2) is 64.9 Å². The monoisotopic (exact) mass is 837 g/mol. The van der Waals surface area contributed by atoms with Crippen molar-refractivity contribution in [1.29, 1.82) is 0 Å². The van der Waals surface area contributed by atoms with Crippen LogP contribution in [0.4, 0.5) is 11.4 Å². The van der Waals surface area contributed by atoms with Crippen molar-refractivity contribution in [3.8, 4) is 0 Å². The third kappa shape index (κ3) is 11.1. The first-order valence-corrected chi connectivity index (χ1v) is 24.5. The Morgan fingerprint density at radius 3 is 1.97 bits per heavy atom. The van der Waals surface area contributed by atoms with E-state index >= 15 is 0 Å². The Morgan fingerprint density at radius 2 is 1.27 bits per heavy atom. The van der Waals surface area contributed by atoms with Gasteiger partial charge in [0.05, 0.1) is 41.2 Å². The number of anilines is 1. The molecular weight excluding hydrogens is 777 g/mol. The van der Waals surface area contributed by atoms with E-state index in [0.29, 0.717) is 25.8 Å². The second-order valence-corrected chi connectivity index (χ2v) is 19.6. The van der Waals surface area contributed by atoms with E-state index in [4.69, 9.17) is 8.37 Å². The number of hydrogen-bond donors (Lipinski definition) is 0. The Kier molecular flexibility index (Phi) is 15.2. The molecule has 314 valence electrons. The molecule has 0 saturated carbocycles. The van der Waals surface area contributed by atoms with Gasteiger partial charge in [-0.25, -0.2) is 0 Å². The maximum absolute atomic E-state index is 12.5. The number of hydrogen-bond acceptors (Lipinski definition) is 7. The molecule has 0 fully saturated rings. The van der Waals surface area contributed by atoms with Crippen LogP contribution in [0.3, 0.4) is 0 Å². The number of allylic oxidation sites excluding steroid dienone is 8. The lowest BCUT2D eigenvalue weighted by Crippen LogP contribution is -2.28. The van der Waals surface area contributed by atoms with Gasteiger partial charge in [0, 0.05) is 42.1 Å². The summed E-state index contributed by atoms with van der Waals surface area (Å²) < 4.78 is 62.7. The molecule has 0 bridgehead atoms. The summed E-state index contributed by atoms with van der Waals surface area (Å²) in [7, 11) is -7.06. The molecule has 0 spiro atoms. The molecule has 4 aromatic carbocycles. The molecule has 0 N–H and O–H groups in total. The van der Waals surface area contributed by atoms with Gasteiger partial charge in [-0.15, -0.1) is 0 Å². The van der Waals surface area contributed by atoms with Crippen molar-refractivity contribution in [1.82, 2.24) is 0 Å². The predicted octanol–water partition coefficient (Wildman–Crippen LogP) is 10.8. The van der Waals surface area contributed by atoms with Crippen LogP contribution in [-0.2, 0) is 40.4 Å². The maximum Gasteiger partial charge on any atom is 0.267 e. The van der Waals surface area contributed by atoms with E-state index < -0.39 is 20.2 Å². The second-order valence-electron chi connectivity index (χ2n) is 16.0. The summed E-state index contributed by atoms with van der Waals surface area (Å²) in [5, 5.41) is 4.77. The molecule has 0 saturated heterocycles. The van der Waals surface area contributed by atoms with Crippen LogP contribution in [0.25, 0.3) is 21.5 Å². The summed E-state index contributed by atoms with van der Waals surface area (Å²) in [6.07, 6.45) is 21.2. The summed E-state index contributed by atoms with van der Waals surface area (Å²) in [6, 6.07) is 25.7. The van der Waals surface area contributed by atoms with Gasteiger partial charge in [0.25, 0.3) is 20.2 Å². The van der Waals surface area contributed by atoms with E-state index in [-0.39, 0.29) is 30.1 Å². The lowest BCUT2D eigenvalue weighted by Gasteiger charge is -2.23. The minimum atomic E-state index is -3.54. The van der Waals surface area contributed by atoms with E-state index in [0.717, 1.165) is 45.1 Å². The average molecular weight is 838 g/mol. The van der Waals surface area contributed by atoms with Crippen molar-refractivity contribution in [3.05, 3.63) is 132 Å². The predicted molar refractivity (Wildman–Crippen MR) is 245 cm³/mol. The van der Waals surface area contributed by atoms with Crippen LogP contribution >= 0.6 is 0 Å². The molecule has 6 rings (SSSR count). The molecule has 10 heteroatoms. The fourth-order valence-electron chi connectivity index (χ4n) is 8.16.